The summed E-state index contributed by atoms with van der Waals surface area (Å²) in [6, 6.07) is 17.3. The Hall–Kier alpha value is -3.81. The average molecular weight is 394 g/mol. The molecule has 3 aromatic rings. The Balaban J connectivity index is 1.74. The van der Waals surface area contributed by atoms with E-state index in [-0.39, 0.29) is 5.91 Å². The van der Waals surface area contributed by atoms with E-state index in [0.29, 0.717) is 29.6 Å². The fourth-order valence-electron chi connectivity index (χ4n) is 2.67. The number of aryl methyl sites for hydroxylation is 1. The minimum absolute atomic E-state index is 0.279. The van der Waals surface area contributed by atoms with Gasteiger partial charge in [0.15, 0.2) is 5.82 Å². The molecule has 2 amide bonds. The standard InChI is InChI=1S/C21H22N4O4/c1-3-28-21(27)23-17-11-9-16(10-12-17)22-19(15-7-5-4-6-8-15)20(26)24-18-13-14(2)29-25-18/h4-13,19,22H,3H2,1-2H3,(H,23,27)(H,24,25,26). The second kappa shape index (κ2) is 9.41. The van der Waals surface area contributed by atoms with Gasteiger partial charge in [-0.25, -0.2) is 4.79 Å². The molecule has 8 nitrogen and oxygen atoms in total. The van der Waals surface area contributed by atoms with E-state index in [1.165, 1.54) is 0 Å². The van der Waals surface area contributed by atoms with Crippen LogP contribution in [0, 0.1) is 6.92 Å². The van der Waals surface area contributed by atoms with Crippen molar-refractivity contribution in [1.29, 1.82) is 0 Å². The number of amides is 2. The predicted octanol–water partition coefficient (Wildman–Crippen LogP) is 4.34. The number of hydrogen-bond donors (Lipinski definition) is 3. The SMILES string of the molecule is CCOC(=O)Nc1ccc(NC(C(=O)Nc2cc(C)on2)c2ccccc2)cc1. The van der Waals surface area contributed by atoms with Crippen LogP contribution in [0.2, 0.25) is 0 Å². The zero-order chi connectivity index (χ0) is 20.6. The van der Waals surface area contributed by atoms with E-state index in [9.17, 15) is 9.59 Å². The number of rotatable bonds is 7. The van der Waals surface area contributed by atoms with Crippen molar-refractivity contribution in [3.8, 4) is 0 Å². The van der Waals surface area contributed by atoms with Crippen LogP contribution in [-0.2, 0) is 9.53 Å². The van der Waals surface area contributed by atoms with Gasteiger partial charge in [-0.05, 0) is 43.7 Å². The molecule has 0 spiro atoms. The van der Waals surface area contributed by atoms with Crippen molar-refractivity contribution in [3.63, 3.8) is 0 Å². The summed E-state index contributed by atoms with van der Waals surface area (Å²) in [5.74, 6) is 0.677. The van der Waals surface area contributed by atoms with Crippen LogP contribution in [0.4, 0.5) is 22.0 Å². The highest BCUT2D eigenvalue weighted by Crippen LogP contribution is 2.23. The molecule has 8 heteroatoms. The summed E-state index contributed by atoms with van der Waals surface area (Å²) in [6.07, 6.45) is -0.516. The molecule has 1 atom stereocenters. The van der Waals surface area contributed by atoms with Crippen molar-refractivity contribution in [3.05, 3.63) is 72.0 Å². The maximum Gasteiger partial charge on any atom is 0.411 e. The number of carbonyl (C=O) groups is 2. The van der Waals surface area contributed by atoms with Gasteiger partial charge in [-0.1, -0.05) is 35.5 Å². The van der Waals surface area contributed by atoms with Gasteiger partial charge in [0.25, 0.3) is 5.91 Å². The first-order valence-corrected chi connectivity index (χ1v) is 9.14. The van der Waals surface area contributed by atoms with Crippen LogP contribution in [0.25, 0.3) is 0 Å². The van der Waals surface area contributed by atoms with Gasteiger partial charge in [0.1, 0.15) is 11.8 Å². The van der Waals surface area contributed by atoms with Crippen LogP contribution in [0.5, 0.6) is 0 Å². The lowest BCUT2D eigenvalue weighted by Crippen LogP contribution is -2.27. The van der Waals surface area contributed by atoms with E-state index in [0.717, 1.165) is 5.56 Å². The summed E-state index contributed by atoms with van der Waals surface area (Å²) < 4.78 is 9.86. The van der Waals surface area contributed by atoms with Crippen molar-refractivity contribution in [2.45, 2.75) is 19.9 Å². The molecular formula is C21H22N4O4. The number of aromatic nitrogens is 1. The third kappa shape index (κ3) is 5.58. The lowest BCUT2D eigenvalue weighted by Gasteiger charge is -2.19. The molecule has 0 radical (unpaired) electrons. The van der Waals surface area contributed by atoms with Gasteiger partial charge in [0, 0.05) is 17.4 Å². The molecule has 1 aromatic heterocycles. The van der Waals surface area contributed by atoms with Gasteiger partial charge in [0.05, 0.1) is 6.61 Å². The van der Waals surface area contributed by atoms with Gasteiger partial charge >= 0.3 is 6.09 Å². The minimum atomic E-state index is -0.655. The van der Waals surface area contributed by atoms with Gasteiger partial charge < -0.3 is 19.9 Å². The molecule has 0 aliphatic rings. The van der Waals surface area contributed by atoms with Gasteiger partial charge in [-0.15, -0.1) is 0 Å². The van der Waals surface area contributed by atoms with Crippen molar-refractivity contribution in [1.82, 2.24) is 5.16 Å². The second-order valence-corrected chi connectivity index (χ2v) is 6.22. The summed E-state index contributed by atoms with van der Waals surface area (Å²) in [5, 5.41) is 12.4. The minimum Gasteiger partial charge on any atom is -0.450 e. The predicted molar refractivity (Wildman–Crippen MR) is 110 cm³/mol. The zero-order valence-corrected chi connectivity index (χ0v) is 16.1. The number of ether oxygens (including phenoxy) is 1. The number of nitrogens with one attached hydrogen (secondary N) is 3. The molecule has 3 N–H and O–H groups in total. The van der Waals surface area contributed by atoms with Gasteiger partial charge in [0.2, 0.25) is 0 Å². The highest BCUT2D eigenvalue weighted by molar-refractivity contribution is 5.96. The van der Waals surface area contributed by atoms with E-state index in [1.54, 1.807) is 44.2 Å². The van der Waals surface area contributed by atoms with E-state index < -0.39 is 12.1 Å². The summed E-state index contributed by atoms with van der Waals surface area (Å²) in [5.41, 5.74) is 2.09. The molecule has 0 fully saturated rings. The third-order valence-corrected chi connectivity index (χ3v) is 3.99. The number of carbonyl (C=O) groups excluding carboxylic acids is 2. The second-order valence-electron chi connectivity index (χ2n) is 6.22. The van der Waals surface area contributed by atoms with E-state index in [2.05, 4.69) is 21.1 Å². The van der Waals surface area contributed by atoms with Gasteiger partial charge in [-0.2, -0.15) is 0 Å². The highest BCUT2D eigenvalue weighted by Gasteiger charge is 2.21. The van der Waals surface area contributed by atoms with Crippen LogP contribution in [0.1, 0.15) is 24.3 Å². The van der Waals surface area contributed by atoms with Crippen LogP contribution in [0.3, 0.4) is 0 Å². The first-order valence-electron chi connectivity index (χ1n) is 9.14. The fraction of sp³-hybridized carbons (Fsp3) is 0.190. The van der Waals surface area contributed by atoms with E-state index >= 15 is 0 Å². The normalized spacial score (nSPS) is 11.4. The average Bonchev–Trinajstić information content (AvgIpc) is 3.12. The molecule has 3 rings (SSSR count). The van der Waals surface area contributed by atoms with Crippen LogP contribution < -0.4 is 16.0 Å². The summed E-state index contributed by atoms with van der Waals surface area (Å²) in [7, 11) is 0. The lowest BCUT2D eigenvalue weighted by molar-refractivity contribution is -0.117. The monoisotopic (exact) mass is 394 g/mol. The molecule has 0 saturated carbocycles. The summed E-state index contributed by atoms with van der Waals surface area (Å²) in [6.45, 7) is 3.79. The van der Waals surface area contributed by atoms with Crippen LogP contribution in [0.15, 0.2) is 65.2 Å². The Morgan fingerprint density at radius 1 is 1.03 bits per heavy atom. The van der Waals surface area contributed by atoms with Crippen molar-refractivity contribution >= 4 is 29.2 Å². The maximum absolute atomic E-state index is 12.9. The first-order chi connectivity index (χ1) is 14.0. The Morgan fingerprint density at radius 3 is 2.34 bits per heavy atom. The Bertz CT molecular complexity index is 954. The molecule has 150 valence electrons. The number of anilines is 3. The van der Waals surface area contributed by atoms with Crippen LogP contribution in [-0.4, -0.2) is 23.8 Å². The zero-order valence-electron chi connectivity index (χ0n) is 16.1. The molecule has 1 unspecified atom stereocenters. The topological polar surface area (TPSA) is 105 Å². The third-order valence-electron chi connectivity index (χ3n) is 3.99. The van der Waals surface area contributed by atoms with Crippen molar-refractivity contribution < 1.29 is 18.8 Å². The smallest absolute Gasteiger partial charge is 0.411 e. The molecule has 0 aliphatic heterocycles. The fourth-order valence-corrected chi connectivity index (χ4v) is 2.67. The Morgan fingerprint density at radius 2 is 1.72 bits per heavy atom. The lowest BCUT2D eigenvalue weighted by atomic mass is 10.1. The molecule has 0 bridgehead atoms. The van der Waals surface area contributed by atoms with E-state index in [1.807, 2.05) is 30.3 Å². The molecule has 0 saturated heterocycles. The van der Waals surface area contributed by atoms with E-state index in [4.69, 9.17) is 9.26 Å². The Kier molecular flexibility index (Phi) is 6.47. The first kappa shape index (κ1) is 19.9. The molecular weight excluding hydrogens is 372 g/mol. The number of benzene rings is 2. The maximum atomic E-state index is 12.9. The molecule has 29 heavy (non-hydrogen) atoms. The molecule has 2 aromatic carbocycles. The summed E-state index contributed by atoms with van der Waals surface area (Å²) in [4.78, 5) is 24.4. The summed E-state index contributed by atoms with van der Waals surface area (Å²) >= 11 is 0. The van der Waals surface area contributed by atoms with Crippen LogP contribution >= 0.6 is 0 Å². The quantitative estimate of drug-likeness (QED) is 0.550. The van der Waals surface area contributed by atoms with Crippen molar-refractivity contribution in [2.24, 2.45) is 0 Å². The van der Waals surface area contributed by atoms with Crippen molar-refractivity contribution in [2.75, 3.05) is 22.6 Å². The highest BCUT2D eigenvalue weighted by atomic mass is 16.5. The number of hydrogen-bond acceptors (Lipinski definition) is 6. The number of nitrogens with zero attached hydrogens (tertiary/aromatic N) is 1. The Labute approximate surface area is 168 Å². The molecule has 1 heterocycles. The molecule has 0 aliphatic carbocycles. The largest absolute Gasteiger partial charge is 0.450 e. The van der Waals surface area contributed by atoms with Gasteiger partial charge in [-0.3, -0.25) is 10.1 Å².